The highest BCUT2D eigenvalue weighted by molar-refractivity contribution is 6.00. The van der Waals surface area contributed by atoms with Gasteiger partial charge in [-0.25, -0.2) is 0 Å². The topological polar surface area (TPSA) is 41.1 Å². The van der Waals surface area contributed by atoms with Crippen LogP contribution < -0.4 is 10.6 Å². The average molecular weight is 248 g/mol. The van der Waals surface area contributed by atoms with Gasteiger partial charge in [0.1, 0.15) is 0 Å². The number of hydrogen-bond donors (Lipinski definition) is 2. The van der Waals surface area contributed by atoms with Gasteiger partial charge in [0.25, 0.3) is 5.91 Å². The number of rotatable bonds is 5. The van der Waals surface area contributed by atoms with E-state index in [0.29, 0.717) is 5.56 Å². The highest BCUT2D eigenvalue weighted by Crippen LogP contribution is 2.19. The summed E-state index contributed by atoms with van der Waals surface area (Å²) in [4.78, 5) is 12.3. The maximum absolute atomic E-state index is 12.3. The molecule has 3 nitrogen and oxygen atoms in total. The molecule has 0 aromatic heterocycles. The number of amides is 1. The summed E-state index contributed by atoms with van der Waals surface area (Å²) in [7, 11) is 1.83. The fourth-order valence-electron chi connectivity index (χ4n) is 2.13. The van der Waals surface area contributed by atoms with Gasteiger partial charge in [0.05, 0.1) is 5.56 Å². The predicted octanol–water partition coefficient (Wildman–Crippen LogP) is 3.35. The molecule has 1 aromatic rings. The van der Waals surface area contributed by atoms with Gasteiger partial charge < -0.3 is 10.6 Å². The van der Waals surface area contributed by atoms with E-state index < -0.39 is 0 Å². The van der Waals surface area contributed by atoms with Gasteiger partial charge in [-0.3, -0.25) is 4.79 Å². The van der Waals surface area contributed by atoms with Crippen molar-refractivity contribution < 1.29 is 4.79 Å². The molecule has 0 heterocycles. The van der Waals surface area contributed by atoms with E-state index >= 15 is 0 Å². The van der Waals surface area contributed by atoms with Gasteiger partial charge in [-0.2, -0.15) is 0 Å². The standard InChI is InChI=1S/C15H24N2O/c1-6-9-15(3,4)17-14(18)12-10-11(2)7-8-13(12)16-5/h7-8,10,16H,6,9H2,1-5H3,(H,17,18). The van der Waals surface area contributed by atoms with Crippen molar-refractivity contribution in [2.24, 2.45) is 0 Å². The van der Waals surface area contributed by atoms with Crippen LogP contribution in [0, 0.1) is 6.92 Å². The predicted molar refractivity (Wildman–Crippen MR) is 77.2 cm³/mol. The summed E-state index contributed by atoms with van der Waals surface area (Å²) in [6.07, 6.45) is 2.03. The van der Waals surface area contributed by atoms with Gasteiger partial charge in [-0.15, -0.1) is 0 Å². The molecule has 0 radical (unpaired) electrons. The summed E-state index contributed by atoms with van der Waals surface area (Å²) in [6.45, 7) is 8.24. The Morgan fingerprint density at radius 1 is 1.33 bits per heavy atom. The normalized spacial score (nSPS) is 11.2. The Bertz CT molecular complexity index is 425. The molecule has 1 amide bonds. The lowest BCUT2D eigenvalue weighted by Gasteiger charge is -2.26. The number of aryl methyl sites for hydroxylation is 1. The van der Waals surface area contributed by atoms with Crippen LogP contribution in [-0.4, -0.2) is 18.5 Å². The molecule has 18 heavy (non-hydrogen) atoms. The van der Waals surface area contributed by atoms with Gasteiger partial charge in [-0.05, 0) is 39.3 Å². The number of carbonyl (C=O) groups is 1. The maximum atomic E-state index is 12.3. The molecule has 0 spiro atoms. The fourth-order valence-corrected chi connectivity index (χ4v) is 2.13. The highest BCUT2D eigenvalue weighted by Gasteiger charge is 2.21. The summed E-state index contributed by atoms with van der Waals surface area (Å²) in [5.41, 5.74) is 2.50. The Morgan fingerprint density at radius 2 is 2.00 bits per heavy atom. The van der Waals surface area contributed by atoms with Crippen molar-refractivity contribution in [2.75, 3.05) is 12.4 Å². The lowest BCUT2D eigenvalue weighted by Crippen LogP contribution is -2.43. The van der Waals surface area contributed by atoms with Crippen LogP contribution in [-0.2, 0) is 0 Å². The molecular formula is C15H24N2O. The third kappa shape index (κ3) is 3.76. The Labute approximate surface area is 110 Å². The summed E-state index contributed by atoms with van der Waals surface area (Å²) < 4.78 is 0. The second-order valence-electron chi connectivity index (χ2n) is 5.39. The number of anilines is 1. The number of hydrogen-bond acceptors (Lipinski definition) is 2. The molecule has 0 saturated carbocycles. The minimum atomic E-state index is -0.166. The average Bonchev–Trinajstić information content (AvgIpc) is 2.28. The van der Waals surface area contributed by atoms with Crippen molar-refractivity contribution in [1.29, 1.82) is 0 Å². The monoisotopic (exact) mass is 248 g/mol. The first-order chi connectivity index (χ1) is 8.39. The molecule has 0 saturated heterocycles. The Morgan fingerprint density at radius 3 is 2.56 bits per heavy atom. The van der Waals surface area contributed by atoms with Gasteiger partial charge in [0.15, 0.2) is 0 Å². The molecule has 0 aliphatic heterocycles. The molecule has 100 valence electrons. The summed E-state index contributed by atoms with van der Waals surface area (Å²) in [5.74, 6) is -0.0125. The van der Waals surface area contributed by atoms with Crippen LogP contribution in [0.25, 0.3) is 0 Å². The minimum Gasteiger partial charge on any atom is -0.387 e. The van der Waals surface area contributed by atoms with E-state index in [1.807, 2.05) is 32.2 Å². The van der Waals surface area contributed by atoms with Crippen molar-refractivity contribution in [3.8, 4) is 0 Å². The zero-order valence-corrected chi connectivity index (χ0v) is 12.1. The van der Waals surface area contributed by atoms with Crippen LogP contribution >= 0.6 is 0 Å². The molecule has 0 atom stereocenters. The maximum Gasteiger partial charge on any atom is 0.253 e. The van der Waals surface area contributed by atoms with Crippen molar-refractivity contribution in [1.82, 2.24) is 5.32 Å². The zero-order valence-electron chi connectivity index (χ0n) is 12.1. The largest absolute Gasteiger partial charge is 0.387 e. The molecule has 0 unspecified atom stereocenters. The van der Waals surface area contributed by atoms with Crippen molar-refractivity contribution in [3.05, 3.63) is 29.3 Å². The van der Waals surface area contributed by atoms with Crippen LogP contribution in [0.4, 0.5) is 5.69 Å². The van der Waals surface area contributed by atoms with Crippen LogP contribution in [0.3, 0.4) is 0 Å². The van der Waals surface area contributed by atoms with Gasteiger partial charge >= 0.3 is 0 Å². The van der Waals surface area contributed by atoms with Crippen molar-refractivity contribution in [3.63, 3.8) is 0 Å². The molecule has 2 N–H and O–H groups in total. The lowest BCUT2D eigenvalue weighted by atomic mass is 9.98. The summed E-state index contributed by atoms with van der Waals surface area (Å²) >= 11 is 0. The molecular weight excluding hydrogens is 224 g/mol. The third-order valence-electron chi connectivity index (χ3n) is 3.02. The first-order valence-electron chi connectivity index (χ1n) is 6.50. The quantitative estimate of drug-likeness (QED) is 0.839. The smallest absolute Gasteiger partial charge is 0.253 e. The number of nitrogens with one attached hydrogen (secondary N) is 2. The fraction of sp³-hybridized carbons (Fsp3) is 0.533. The summed E-state index contributed by atoms with van der Waals surface area (Å²) in [6, 6.07) is 5.86. The van der Waals surface area contributed by atoms with Crippen LogP contribution in [0.5, 0.6) is 0 Å². The van der Waals surface area contributed by atoms with Crippen LogP contribution in [0.15, 0.2) is 18.2 Å². The first kappa shape index (κ1) is 14.6. The van der Waals surface area contributed by atoms with E-state index in [1.165, 1.54) is 0 Å². The number of benzene rings is 1. The van der Waals surface area contributed by atoms with Gasteiger partial charge in [-0.1, -0.05) is 25.0 Å². The molecule has 0 aliphatic rings. The van der Waals surface area contributed by atoms with E-state index in [-0.39, 0.29) is 11.4 Å². The third-order valence-corrected chi connectivity index (χ3v) is 3.02. The van der Waals surface area contributed by atoms with Gasteiger partial charge in [0.2, 0.25) is 0 Å². The molecule has 0 fully saturated rings. The lowest BCUT2D eigenvalue weighted by molar-refractivity contribution is 0.0910. The SMILES string of the molecule is CCCC(C)(C)NC(=O)c1cc(C)ccc1NC. The molecule has 1 aromatic carbocycles. The van der Waals surface area contributed by atoms with E-state index in [1.54, 1.807) is 0 Å². The second-order valence-corrected chi connectivity index (χ2v) is 5.39. The van der Waals surface area contributed by atoms with Crippen molar-refractivity contribution in [2.45, 2.75) is 46.1 Å². The van der Waals surface area contributed by atoms with E-state index in [4.69, 9.17) is 0 Å². The molecule has 0 bridgehead atoms. The highest BCUT2D eigenvalue weighted by atomic mass is 16.1. The Hall–Kier alpha value is -1.51. The Balaban J connectivity index is 2.93. The van der Waals surface area contributed by atoms with E-state index in [0.717, 1.165) is 24.1 Å². The van der Waals surface area contributed by atoms with Gasteiger partial charge in [0, 0.05) is 18.3 Å². The van der Waals surface area contributed by atoms with Crippen LogP contribution in [0.1, 0.15) is 49.5 Å². The molecule has 1 rings (SSSR count). The van der Waals surface area contributed by atoms with Crippen molar-refractivity contribution >= 4 is 11.6 Å². The second kappa shape index (κ2) is 5.89. The zero-order chi connectivity index (χ0) is 13.8. The molecule has 0 aliphatic carbocycles. The van der Waals surface area contributed by atoms with E-state index in [9.17, 15) is 4.79 Å². The minimum absolute atomic E-state index is 0.0125. The van der Waals surface area contributed by atoms with Crippen LogP contribution in [0.2, 0.25) is 0 Å². The summed E-state index contributed by atoms with van der Waals surface area (Å²) in [5, 5.41) is 6.16. The Kier molecular flexibility index (Phi) is 4.76. The molecule has 3 heteroatoms. The first-order valence-corrected chi connectivity index (χ1v) is 6.50. The van der Waals surface area contributed by atoms with E-state index in [2.05, 4.69) is 31.4 Å². The number of carbonyl (C=O) groups excluding carboxylic acids is 1.